The van der Waals surface area contributed by atoms with Crippen molar-refractivity contribution >= 4 is 11.3 Å². The normalized spacial score (nSPS) is 12.8. The lowest BCUT2D eigenvalue weighted by Crippen LogP contribution is -2.21. The molecule has 0 amide bonds. The lowest BCUT2D eigenvalue weighted by atomic mass is 10.1. The molecule has 0 aliphatic rings. The van der Waals surface area contributed by atoms with Gasteiger partial charge in [0.25, 0.3) is 0 Å². The molecule has 1 atom stereocenters. The van der Waals surface area contributed by atoms with Gasteiger partial charge in [0.05, 0.1) is 5.69 Å². The lowest BCUT2D eigenvalue weighted by molar-refractivity contribution is 0.0911. The van der Waals surface area contributed by atoms with Crippen molar-refractivity contribution in [2.24, 2.45) is 0 Å². The third kappa shape index (κ3) is 4.37. The number of aromatic nitrogens is 1. The van der Waals surface area contributed by atoms with Crippen molar-refractivity contribution in [3.8, 4) is 0 Å². The molecule has 1 aromatic heterocycles. The SMILES string of the molecule is CCOC(c1ccccc1)c1nc(C)c(CNC(C)C)s1. The highest BCUT2D eigenvalue weighted by Gasteiger charge is 2.19. The van der Waals surface area contributed by atoms with Crippen LogP contribution in [0.4, 0.5) is 0 Å². The van der Waals surface area contributed by atoms with Crippen LogP contribution in [0.2, 0.25) is 0 Å². The molecule has 0 aliphatic carbocycles. The van der Waals surface area contributed by atoms with E-state index in [2.05, 4.69) is 38.2 Å². The summed E-state index contributed by atoms with van der Waals surface area (Å²) >= 11 is 1.75. The quantitative estimate of drug-likeness (QED) is 0.837. The molecule has 0 saturated carbocycles. The van der Waals surface area contributed by atoms with E-state index >= 15 is 0 Å². The first-order valence-corrected chi connectivity index (χ1v) is 8.29. The predicted octanol–water partition coefficient (Wildman–Crippen LogP) is 4.08. The van der Waals surface area contributed by atoms with E-state index in [1.54, 1.807) is 11.3 Å². The van der Waals surface area contributed by atoms with Gasteiger partial charge in [-0.25, -0.2) is 4.98 Å². The average Bonchev–Trinajstić information content (AvgIpc) is 2.84. The van der Waals surface area contributed by atoms with Crippen LogP contribution in [0.1, 0.15) is 48.0 Å². The van der Waals surface area contributed by atoms with Crippen molar-refractivity contribution < 1.29 is 4.74 Å². The summed E-state index contributed by atoms with van der Waals surface area (Å²) in [6, 6.07) is 10.8. The first-order chi connectivity index (χ1) is 10.1. The molecule has 0 spiro atoms. The molecule has 0 saturated heterocycles. The van der Waals surface area contributed by atoms with Gasteiger partial charge in [0.15, 0.2) is 0 Å². The molecule has 21 heavy (non-hydrogen) atoms. The van der Waals surface area contributed by atoms with Crippen LogP contribution in [0.15, 0.2) is 30.3 Å². The Bertz CT molecular complexity index is 551. The number of hydrogen-bond acceptors (Lipinski definition) is 4. The van der Waals surface area contributed by atoms with Crippen molar-refractivity contribution in [2.75, 3.05) is 6.61 Å². The van der Waals surface area contributed by atoms with Crippen LogP contribution in [-0.4, -0.2) is 17.6 Å². The fraction of sp³-hybridized carbons (Fsp3) is 0.471. The van der Waals surface area contributed by atoms with Crippen molar-refractivity contribution in [1.82, 2.24) is 10.3 Å². The Labute approximate surface area is 131 Å². The maximum absolute atomic E-state index is 5.94. The first kappa shape index (κ1) is 16.1. The van der Waals surface area contributed by atoms with Gasteiger partial charge in [-0.3, -0.25) is 0 Å². The monoisotopic (exact) mass is 304 g/mol. The molecule has 0 bridgehead atoms. The van der Waals surface area contributed by atoms with Gasteiger partial charge in [0, 0.05) is 24.1 Å². The van der Waals surface area contributed by atoms with Crippen LogP contribution in [-0.2, 0) is 11.3 Å². The van der Waals surface area contributed by atoms with Gasteiger partial charge in [-0.15, -0.1) is 11.3 Å². The second-order valence-corrected chi connectivity index (χ2v) is 6.46. The van der Waals surface area contributed by atoms with E-state index in [0.717, 1.165) is 22.8 Å². The molecular formula is C17H24N2OS. The minimum absolute atomic E-state index is 0.0623. The molecule has 114 valence electrons. The van der Waals surface area contributed by atoms with Crippen LogP contribution >= 0.6 is 11.3 Å². The fourth-order valence-electron chi connectivity index (χ4n) is 2.13. The van der Waals surface area contributed by atoms with E-state index in [-0.39, 0.29) is 6.10 Å². The molecule has 0 aliphatic heterocycles. The highest BCUT2D eigenvalue weighted by Crippen LogP contribution is 2.31. The third-order valence-electron chi connectivity index (χ3n) is 3.24. The van der Waals surface area contributed by atoms with Gasteiger partial charge in [0.1, 0.15) is 11.1 Å². The summed E-state index contributed by atoms with van der Waals surface area (Å²) in [6.07, 6.45) is -0.0623. The van der Waals surface area contributed by atoms with Crippen molar-refractivity contribution in [3.05, 3.63) is 51.5 Å². The first-order valence-electron chi connectivity index (χ1n) is 7.48. The summed E-state index contributed by atoms with van der Waals surface area (Å²) < 4.78 is 5.94. The number of ether oxygens (including phenoxy) is 1. The second kappa shape index (κ2) is 7.69. The summed E-state index contributed by atoms with van der Waals surface area (Å²) in [5, 5.41) is 4.50. The lowest BCUT2D eigenvalue weighted by Gasteiger charge is -2.14. The molecule has 0 radical (unpaired) electrons. The molecule has 2 aromatic rings. The van der Waals surface area contributed by atoms with Crippen LogP contribution in [0.3, 0.4) is 0 Å². The maximum Gasteiger partial charge on any atom is 0.134 e. The summed E-state index contributed by atoms with van der Waals surface area (Å²) in [4.78, 5) is 6.03. The Balaban J connectivity index is 2.23. The van der Waals surface area contributed by atoms with Crippen LogP contribution < -0.4 is 5.32 Å². The Morgan fingerprint density at radius 2 is 1.95 bits per heavy atom. The number of benzene rings is 1. The van der Waals surface area contributed by atoms with Crippen LogP contribution in [0.25, 0.3) is 0 Å². The van der Waals surface area contributed by atoms with Gasteiger partial charge in [-0.2, -0.15) is 0 Å². The van der Waals surface area contributed by atoms with E-state index in [1.165, 1.54) is 4.88 Å². The summed E-state index contributed by atoms with van der Waals surface area (Å²) in [7, 11) is 0. The molecule has 4 heteroatoms. The topological polar surface area (TPSA) is 34.1 Å². The highest BCUT2D eigenvalue weighted by atomic mass is 32.1. The molecule has 1 unspecified atom stereocenters. The number of hydrogen-bond donors (Lipinski definition) is 1. The molecule has 1 aromatic carbocycles. The molecule has 0 fully saturated rings. The largest absolute Gasteiger partial charge is 0.367 e. The summed E-state index contributed by atoms with van der Waals surface area (Å²) in [5.74, 6) is 0. The zero-order valence-electron chi connectivity index (χ0n) is 13.2. The Hall–Kier alpha value is -1.23. The molecule has 3 nitrogen and oxygen atoms in total. The van der Waals surface area contributed by atoms with Crippen LogP contribution in [0.5, 0.6) is 0 Å². The Kier molecular flexibility index (Phi) is 5.91. The van der Waals surface area contributed by atoms with E-state index in [0.29, 0.717) is 12.6 Å². The molecule has 1 heterocycles. The van der Waals surface area contributed by atoms with E-state index < -0.39 is 0 Å². The van der Waals surface area contributed by atoms with Crippen molar-refractivity contribution in [2.45, 2.75) is 46.4 Å². The van der Waals surface area contributed by atoms with Gasteiger partial charge >= 0.3 is 0 Å². The number of rotatable bonds is 7. The van der Waals surface area contributed by atoms with Crippen molar-refractivity contribution in [3.63, 3.8) is 0 Å². The molecule has 1 N–H and O–H groups in total. The van der Waals surface area contributed by atoms with Crippen molar-refractivity contribution in [1.29, 1.82) is 0 Å². The number of aryl methyl sites for hydroxylation is 1. The van der Waals surface area contributed by atoms with Gasteiger partial charge in [0.2, 0.25) is 0 Å². The van der Waals surface area contributed by atoms with E-state index in [1.807, 2.05) is 25.1 Å². The third-order valence-corrected chi connectivity index (χ3v) is 4.44. The minimum Gasteiger partial charge on any atom is -0.367 e. The fourth-order valence-corrected chi connectivity index (χ4v) is 3.22. The van der Waals surface area contributed by atoms with Crippen LogP contribution in [0, 0.1) is 6.92 Å². The zero-order chi connectivity index (χ0) is 15.2. The van der Waals surface area contributed by atoms with E-state index in [9.17, 15) is 0 Å². The number of nitrogens with one attached hydrogen (secondary N) is 1. The predicted molar refractivity (Wildman–Crippen MR) is 88.7 cm³/mol. The molecular weight excluding hydrogens is 280 g/mol. The Morgan fingerprint density at radius 3 is 2.57 bits per heavy atom. The second-order valence-electron chi connectivity index (χ2n) is 5.34. The maximum atomic E-state index is 5.94. The summed E-state index contributed by atoms with van der Waals surface area (Å²) in [6.45, 7) is 9.96. The molecule has 2 rings (SSSR count). The standard InChI is InChI=1S/C17H24N2OS/c1-5-20-16(14-9-7-6-8-10-14)17-19-13(4)15(21-17)11-18-12(2)3/h6-10,12,16,18H,5,11H2,1-4H3. The van der Waals surface area contributed by atoms with Gasteiger partial charge < -0.3 is 10.1 Å². The average molecular weight is 304 g/mol. The zero-order valence-corrected chi connectivity index (χ0v) is 14.0. The Morgan fingerprint density at radius 1 is 1.24 bits per heavy atom. The van der Waals surface area contributed by atoms with Gasteiger partial charge in [-0.05, 0) is 19.4 Å². The number of nitrogens with zero attached hydrogens (tertiary/aromatic N) is 1. The van der Waals surface area contributed by atoms with E-state index in [4.69, 9.17) is 9.72 Å². The summed E-state index contributed by atoms with van der Waals surface area (Å²) in [5.41, 5.74) is 2.26. The highest BCUT2D eigenvalue weighted by molar-refractivity contribution is 7.11. The minimum atomic E-state index is -0.0623. The number of thiazole rings is 1. The van der Waals surface area contributed by atoms with Gasteiger partial charge in [-0.1, -0.05) is 44.2 Å². The smallest absolute Gasteiger partial charge is 0.134 e.